The van der Waals surface area contributed by atoms with Crippen LogP contribution in [-0.2, 0) is 0 Å². The van der Waals surface area contributed by atoms with Gasteiger partial charge in [0.2, 0.25) is 0 Å². The molecule has 1 rings (SSSR count). The maximum absolute atomic E-state index is 11.8. The second-order valence-electron chi connectivity index (χ2n) is 2.78. The molecule has 0 bridgehead atoms. The highest BCUT2D eigenvalue weighted by Crippen LogP contribution is 2.20. The zero-order valence-electron chi connectivity index (χ0n) is 7.18. The predicted molar refractivity (Wildman–Crippen MR) is 51.2 cm³/mol. The van der Waals surface area contributed by atoms with Crippen molar-refractivity contribution in [2.45, 2.75) is 12.6 Å². The van der Waals surface area contributed by atoms with Gasteiger partial charge >= 0.3 is 6.18 Å². The van der Waals surface area contributed by atoms with Gasteiger partial charge in [-0.25, -0.2) is 0 Å². The Hall–Kier alpha value is -0.960. The van der Waals surface area contributed by atoms with Gasteiger partial charge in [-0.05, 0) is 17.7 Å². The zero-order valence-corrected chi connectivity index (χ0v) is 7.94. The largest absolute Gasteiger partial charge is 0.392 e. The van der Waals surface area contributed by atoms with Gasteiger partial charge in [-0.15, -0.1) is 0 Å². The fourth-order valence-electron chi connectivity index (χ4n) is 0.939. The number of rotatable bonds is 2. The van der Waals surface area contributed by atoms with Crippen LogP contribution >= 0.6 is 11.6 Å². The van der Waals surface area contributed by atoms with Crippen LogP contribution in [-0.4, -0.2) is 6.18 Å². The normalized spacial score (nSPS) is 12.3. The second kappa shape index (κ2) is 4.51. The molecule has 0 aliphatic rings. The van der Waals surface area contributed by atoms with Crippen LogP contribution in [0.25, 0.3) is 6.08 Å². The van der Waals surface area contributed by atoms with Crippen LogP contribution in [0.1, 0.15) is 12.0 Å². The lowest BCUT2D eigenvalue weighted by Gasteiger charge is -2.00. The first-order valence-electron chi connectivity index (χ1n) is 3.96. The first kappa shape index (κ1) is 11.1. The van der Waals surface area contributed by atoms with Crippen molar-refractivity contribution in [3.63, 3.8) is 0 Å². The summed E-state index contributed by atoms with van der Waals surface area (Å²) in [4.78, 5) is 0. The van der Waals surface area contributed by atoms with Crippen molar-refractivity contribution in [2.75, 3.05) is 0 Å². The van der Waals surface area contributed by atoms with Gasteiger partial charge in [-0.2, -0.15) is 13.2 Å². The Morgan fingerprint density at radius 3 is 2.57 bits per heavy atom. The van der Waals surface area contributed by atoms with Gasteiger partial charge in [0.1, 0.15) is 0 Å². The van der Waals surface area contributed by atoms with Crippen LogP contribution in [0.2, 0.25) is 5.02 Å². The SMILES string of the molecule is FC(F)(F)CC=Cc1cccc(Cl)c1. The molecule has 0 nitrogen and oxygen atoms in total. The van der Waals surface area contributed by atoms with Crippen molar-refractivity contribution in [2.24, 2.45) is 0 Å². The van der Waals surface area contributed by atoms with Gasteiger partial charge < -0.3 is 0 Å². The lowest BCUT2D eigenvalue weighted by atomic mass is 10.2. The van der Waals surface area contributed by atoms with Crippen LogP contribution in [0.3, 0.4) is 0 Å². The predicted octanol–water partition coefficient (Wildman–Crippen LogP) is 4.31. The quantitative estimate of drug-likeness (QED) is 0.697. The maximum Gasteiger partial charge on any atom is 0.392 e. The lowest BCUT2D eigenvalue weighted by molar-refractivity contribution is -0.124. The molecular formula is C10H8ClF3. The molecule has 0 fully saturated rings. The standard InChI is InChI=1S/C10H8ClF3/c11-9-5-1-3-8(7-9)4-2-6-10(12,13)14/h1-5,7H,6H2. The second-order valence-corrected chi connectivity index (χ2v) is 3.21. The van der Waals surface area contributed by atoms with Crippen molar-refractivity contribution in [3.8, 4) is 0 Å². The molecule has 0 amide bonds. The number of hydrogen-bond donors (Lipinski definition) is 0. The minimum Gasteiger partial charge on any atom is -0.171 e. The van der Waals surface area contributed by atoms with Crippen molar-refractivity contribution in [1.82, 2.24) is 0 Å². The van der Waals surface area contributed by atoms with E-state index in [-0.39, 0.29) is 0 Å². The van der Waals surface area contributed by atoms with Crippen molar-refractivity contribution >= 4 is 17.7 Å². The summed E-state index contributed by atoms with van der Waals surface area (Å²) in [5, 5.41) is 0.513. The molecule has 14 heavy (non-hydrogen) atoms. The van der Waals surface area contributed by atoms with E-state index in [1.165, 1.54) is 6.08 Å². The molecule has 0 radical (unpaired) electrons. The number of alkyl halides is 3. The average Bonchev–Trinajstić information content (AvgIpc) is 2.01. The van der Waals surface area contributed by atoms with Crippen LogP contribution in [0, 0.1) is 0 Å². The molecule has 0 aromatic heterocycles. The van der Waals surface area contributed by atoms with E-state index >= 15 is 0 Å². The van der Waals surface area contributed by atoms with Gasteiger partial charge in [-0.3, -0.25) is 0 Å². The van der Waals surface area contributed by atoms with E-state index in [0.29, 0.717) is 10.6 Å². The number of benzene rings is 1. The number of allylic oxidation sites excluding steroid dienone is 1. The van der Waals surface area contributed by atoms with Crippen LogP contribution in [0.4, 0.5) is 13.2 Å². The molecular weight excluding hydrogens is 213 g/mol. The van der Waals surface area contributed by atoms with E-state index < -0.39 is 12.6 Å². The Morgan fingerprint density at radius 1 is 1.29 bits per heavy atom. The third kappa shape index (κ3) is 4.33. The molecule has 4 heteroatoms. The van der Waals surface area contributed by atoms with Gasteiger partial charge in [-0.1, -0.05) is 35.9 Å². The Labute approximate surface area is 85.0 Å². The van der Waals surface area contributed by atoms with E-state index in [1.54, 1.807) is 24.3 Å². The van der Waals surface area contributed by atoms with Crippen molar-refractivity contribution in [3.05, 3.63) is 40.9 Å². The molecule has 0 aliphatic carbocycles. The summed E-state index contributed by atoms with van der Waals surface area (Å²) < 4.78 is 35.3. The summed E-state index contributed by atoms with van der Waals surface area (Å²) in [6.07, 6.45) is -2.58. The summed E-state index contributed by atoms with van der Waals surface area (Å²) in [5.74, 6) is 0. The van der Waals surface area contributed by atoms with E-state index in [9.17, 15) is 13.2 Å². The van der Waals surface area contributed by atoms with Crippen LogP contribution < -0.4 is 0 Å². The molecule has 1 aromatic rings. The molecule has 76 valence electrons. The summed E-state index contributed by atoms with van der Waals surface area (Å²) in [7, 11) is 0. The molecule has 1 aromatic carbocycles. The molecule has 0 atom stereocenters. The van der Waals surface area contributed by atoms with Gasteiger partial charge in [0.05, 0.1) is 6.42 Å². The minimum atomic E-state index is -4.14. The fourth-order valence-corrected chi connectivity index (χ4v) is 1.14. The lowest BCUT2D eigenvalue weighted by Crippen LogP contribution is -2.03. The highest BCUT2D eigenvalue weighted by molar-refractivity contribution is 6.30. The molecule has 0 unspecified atom stereocenters. The fraction of sp³-hybridized carbons (Fsp3) is 0.200. The molecule has 0 spiro atoms. The Morgan fingerprint density at radius 2 is 2.00 bits per heavy atom. The highest BCUT2D eigenvalue weighted by Gasteiger charge is 2.24. The maximum atomic E-state index is 11.8. The summed E-state index contributed by atoms with van der Waals surface area (Å²) in [5.41, 5.74) is 0.668. The van der Waals surface area contributed by atoms with E-state index in [2.05, 4.69) is 0 Å². The molecule has 0 heterocycles. The minimum absolute atomic E-state index is 0.513. The summed E-state index contributed by atoms with van der Waals surface area (Å²) in [6, 6.07) is 6.66. The average molecular weight is 221 g/mol. The van der Waals surface area contributed by atoms with E-state index in [0.717, 1.165) is 6.08 Å². The van der Waals surface area contributed by atoms with E-state index in [1.807, 2.05) is 0 Å². The first-order valence-corrected chi connectivity index (χ1v) is 4.34. The van der Waals surface area contributed by atoms with Crippen LogP contribution in [0.5, 0.6) is 0 Å². The molecule has 0 aliphatic heterocycles. The Bertz CT molecular complexity index is 328. The van der Waals surface area contributed by atoms with Gasteiger partial charge in [0, 0.05) is 5.02 Å². The van der Waals surface area contributed by atoms with E-state index in [4.69, 9.17) is 11.6 Å². The molecule has 0 N–H and O–H groups in total. The monoisotopic (exact) mass is 220 g/mol. The summed E-state index contributed by atoms with van der Waals surface area (Å²) in [6.45, 7) is 0. The van der Waals surface area contributed by atoms with Gasteiger partial charge in [0.25, 0.3) is 0 Å². The first-order chi connectivity index (χ1) is 6.47. The summed E-state index contributed by atoms with van der Waals surface area (Å²) >= 11 is 5.66. The zero-order chi connectivity index (χ0) is 10.6. The van der Waals surface area contributed by atoms with Crippen molar-refractivity contribution < 1.29 is 13.2 Å². The molecule has 0 saturated carbocycles. The number of halogens is 4. The highest BCUT2D eigenvalue weighted by atomic mass is 35.5. The van der Waals surface area contributed by atoms with Crippen LogP contribution in [0.15, 0.2) is 30.3 Å². The smallest absolute Gasteiger partial charge is 0.171 e. The third-order valence-electron chi connectivity index (χ3n) is 1.51. The Kier molecular flexibility index (Phi) is 3.58. The van der Waals surface area contributed by atoms with Gasteiger partial charge in [0.15, 0.2) is 0 Å². The van der Waals surface area contributed by atoms with Crippen molar-refractivity contribution in [1.29, 1.82) is 0 Å². The third-order valence-corrected chi connectivity index (χ3v) is 1.74. The Balaban J connectivity index is 2.61. The topological polar surface area (TPSA) is 0 Å². The molecule has 0 saturated heterocycles. The number of hydrogen-bond acceptors (Lipinski definition) is 0.